The van der Waals surface area contributed by atoms with Crippen LogP contribution in [0, 0.1) is 5.92 Å². The van der Waals surface area contributed by atoms with E-state index in [9.17, 15) is 9.59 Å². The highest BCUT2D eigenvalue weighted by atomic mass is 35.5. The Morgan fingerprint density at radius 3 is 2.32 bits per heavy atom. The normalized spacial score (nSPS) is 16.6. The fourth-order valence-corrected chi connectivity index (χ4v) is 3.99. The molecule has 7 nitrogen and oxygen atoms in total. The zero-order valence-corrected chi connectivity index (χ0v) is 18.3. The minimum Gasteiger partial charge on any atom is -0.486 e. The van der Waals surface area contributed by atoms with E-state index in [2.05, 4.69) is 10.6 Å². The Morgan fingerprint density at radius 1 is 0.903 bits per heavy atom. The summed E-state index contributed by atoms with van der Waals surface area (Å²) in [6, 6.07) is 10.4. The van der Waals surface area contributed by atoms with Gasteiger partial charge in [-0.1, -0.05) is 23.2 Å². The third kappa shape index (κ3) is 5.61. The van der Waals surface area contributed by atoms with Crippen molar-refractivity contribution in [3.63, 3.8) is 0 Å². The van der Waals surface area contributed by atoms with E-state index in [0.717, 1.165) is 0 Å². The van der Waals surface area contributed by atoms with E-state index >= 15 is 0 Å². The second-order valence-corrected chi connectivity index (χ2v) is 8.39. The van der Waals surface area contributed by atoms with Gasteiger partial charge in [0.2, 0.25) is 11.8 Å². The minimum absolute atomic E-state index is 0.0171. The predicted molar refractivity (Wildman–Crippen MR) is 120 cm³/mol. The first-order valence-corrected chi connectivity index (χ1v) is 10.9. The first-order chi connectivity index (χ1) is 15.0. The summed E-state index contributed by atoms with van der Waals surface area (Å²) < 4.78 is 11.1. The van der Waals surface area contributed by atoms with Gasteiger partial charge in [-0.05, 0) is 56.3 Å². The third-order valence-corrected chi connectivity index (χ3v) is 6.08. The number of hydrogen-bond acceptors (Lipinski definition) is 5. The summed E-state index contributed by atoms with van der Waals surface area (Å²) in [7, 11) is 0. The lowest BCUT2D eigenvalue weighted by atomic mass is 9.95. The summed E-state index contributed by atoms with van der Waals surface area (Å²) in [5.74, 6) is 1.10. The molecule has 2 aliphatic heterocycles. The first kappa shape index (κ1) is 21.7. The number of hydrogen-bond donors (Lipinski definition) is 2. The molecule has 2 aromatic carbocycles. The highest BCUT2D eigenvalue weighted by Gasteiger charge is 2.26. The highest BCUT2D eigenvalue weighted by molar-refractivity contribution is 6.42. The van der Waals surface area contributed by atoms with Crippen molar-refractivity contribution in [1.29, 1.82) is 0 Å². The number of amides is 2. The number of nitrogens with zero attached hydrogens (tertiary/aromatic N) is 1. The van der Waals surface area contributed by atoms with Crippen LogP contribution in [-0.2, 0) is 9.59 Å². The van der Waals surface area contributed by atoms with E-state index in [0.29, 0.717) is 72.1 Å². The molecule has 2 aliphatic rings. The van der Waals surface area contributed by atoms with Crippen LogP contribution in [0.15, 0.2) is 36.4 Å². The average Bonchev–Trinajstić information content (AvgIpc) is 2.76. The summed E-state index contributed by atoms with van der Waals surface area (Å²) in [5, 5.41) is 6.62. The lowest BCUT2D eigenvalue weighted by Gasteiger charge is -2.30. The van der Waals surface area contributed by atoms with Gasteiger partial charge in [0, 0.05) is 23.4 Å². The van der Waals surface area contributed by atoms with Crippen LogP contribution in [0.4, 0.5) is 11.4 Å². The van der Waals surface area contributed by atoms with Crippen molar-refractivity contribution < 1.29 is 19.1 Å². The lowest BCUT2D eigenvalue weighted by molar-refractivity contribution is -0.121. The maximum Gasteiger partial charge on any atom is 0.238 e. The number of ether oxygens (including phenoxy) is 2. The van der Waals surface area contributed by atoms with Gasteiger partial charge >= 0.3 is 0 Å². The molecule has 2 N–H and O–H groups in total. The van der Waals surface area contributed by atoms with E-state index in [1.807, 2.05) is 11.0 Å². The fraction of sp³-hybridized carbons (Fsp3) is 0.364. The third-order valence-electron chi connectivity index (χ3n) is 5.34. The van der Waals surface area contributed by atoms with Crippen LogP contribution in [-0.4, -0.2) is 49.6 Å². The SMILES string of the molecule is O=C(CN1CCC(C(=O)Nc2ccc3c(c2)OCCO3)CC1)Nc1ccc(Cl)c(Cl)c1. The Kier molecular flexibility index (Phi) is 6.85. The van der Waals surface area contributed by atoms with Crippen molar-refractivity contribution >= 4 is 46.4 Å². The van der Waals surface area contributed by atoms with Gasteiger partial charge in [0.05, 0.1) is 16.6 Å². The van der Waals surface area contributed by atoms with Crippen LogP contribution in [0.1, 0.15) is 12.8 Å². The topological polar surface area (TPSA) is 79.9 Å². The predicted octanol–water partition coefficient (Wildman–Crippen LogP) is 4.05. The average molecular weight is 464 g/mol. The molecule has 1 fully saturated rings. The molecule has 0 atom stereocenters. The van der Waals surface area contributed by atoms with Gasteiger partial charge in [0.1, 0.15) is 13.2 Å². The van der Waals surface area contributed by atoms with Crippen LogP contribution in [0.5, 0.6) is 11.5 Å². The van der Waals surface area contributed by atoms with Crippen molar-refractivity contribution in [1.82, 2.24) is 4.90 Å². The number of likely N-dealkylation sites (tertiary alicyclic amines) is 1. The van der Waals surface area contributed by atoms with Crippen molar-refractivity contribution in [2.75, 3.05) is 43.5 Å². The van der Waals surface area contributed by atoms with E-state index in [1.54, 1.807) is 30.3 Å². The summed E-state index contributed by atoms with van der Waals surface area (Å²) in [6.45, 7) is 2.64. The molecule has 2 aromatic rings. The zero-order valence-electron chi connectivity index (χ0n) is 16.8. The van der Waals surface area contributed by atoms with Gasteiger partial charge in [0.25, 0.3) is 0 Å². The van der Waals surface area contributed by atoms with Crippen molar-refractivity contribution in [3.05, 3.63) is 46.4 Å². The van der Waals surface area contributed by atoms with Crippen LogP contribution in [0.2, 0.25) is 10.0 Å². The standard InChI is InChI=1S/C22H23Cl2N3O4/c23-17-3-1-15(11-18(17)24)25-21(28)13-27-7-5-14(6-8-27)22(29)26-16-2-4-19-20(12-16)31-10-9-30-19/h1-4,11-12,14H,5-10,13H2,(H,25,28)(H,26,29). The van der Waals surface area contributed by atoms with Gasteiger partial charge in [-0.3, -0.25) is 14.5 Å². The smallest absolute Gasteiger partial charge is 0.238 e. The Balaban J connectivity index is 1.24. The molecule has 0 aromatic heterocycles. The monoisotopic (exact) mass is 463 g/mol. The number of fused-ring (bicyclic) bond motifs is 1. The van der Waals surface area contributed by atoms with Crippen molar-refractivity contribution in [2.24, 2.45) is 5.92 Å². The van der Waals surface area contributed by atoms with E-state index in [-0.39, 0.29) is 24.3 Å². The van der Waals surface area contributed by atoms with Crippen molar-refractivity contribution in [2.45, 2.75) is 12.8 Å². The number of rotatable bonds is 5. The maximum atomic E-state index is 12.7. The summed E-state index contributed by atoms with van der Waals surface area (Å²) >= 11 is 11.9. The number of benzene rings is 2. The second-order valence-electron chi connectivity index (χ2n) is 7.58. The zero-order chi connectivity index (χ0) is 21.8. The Morgan fingerprint density at radius 2 is 1.58 bits per heavy atom. The molecule has 1 saturated heterocycles. The van der Waals surface area contributed by atoms with Crippen molar-refractivity contribution in [3.8, 4) is 11.5 Å². The molecule has 31 heavy (non-hydrogen) atoms. The maximum absolute atomic E-state index is 12.7. The molecule has 0 bridgehead atoms. The van der Waals surface area contributed by atoms with Gasteiger partial charge in [-0.2, -0.15) is 0 Å². The molecule has 0 radical (unpaired) electrons. The molecular formula is C22H23Cl2N3O4. The van der Waals surface area contributed by atoms with Crippen LogP contribution >= 0.6 is 23.2 Å². The van der Waals surface area contributed by atoms with Gasteiger partial charge in [-0.25, -0.2) is 0 Å². The van der Waals surface area contributed by atoms with Gasteiger partial charge in [-0.15, -0.1) is 0 Å². The number of anilines is 2. The summed E-state index contributed by atoms with van der Waals surface area (Å²) in [6.07, 6.45) is 1.38. The lowest BCUT2D eigenvalue weighted by Crippen LogP contribution is -2.41. The van der Waals surface area contributed by atoms with Crippen LogP contribution in [0.25, 0.3) is 0 Å². The molecule has 0 unspecified atom stereocenters. The molecule has 4 rings (SSSR count). The molecule has 0 spiro atoms. The van der Waals surface area contributed by atoms with Crippen LogP contribution in [0.3, 0.4) is 0 Å². The molecule has 0 saturated carbocycles. The minimum atomic E-state index is -0.127. The fourth-order valence-electron chi connectivity index (χ4n) is 3.70. The number of carbonyl (C=O) groups excluding carboxylic acids is 2. The molecule has 2 heterocycles. The van der Waals surface area contributed by atoms with E-state index in [1.165, 1.54) is 0 Å². The Labute approximate surface area is 190 Å². The quantitative estimate of drug-likeness (QED) is 0.698. The number of nitrogens with one attached hydrogen (secondary N) is 2. The number of halogens is 2. The summed E-state index contributed by atoms with van der Waals surface area (Å²) in [4.78, 5) is 27.0. The summed E-state index contributed by atoms with van der Waals surface area (Å²) in [5.41, 5.74) is 1.30. The Hall–Kier alpha value is -2.48. The molecular weight excluding hydrogens is 441 g/mol. The van der Waals surface area contributed by atoms with Gasteiger partial charge in [0.15, 0.2) is 11.5 Å². The van der Waals surface area contributed by atoms with Crippen LogP contribution < -0.4 is 20.1 Å². The van der Waals surface area contributed by atoms with E-state index < -0.39 is 0 Å². The highest BCUT2D eigenvalue weighted by Crippen LogP contribution is 2.33. The molecule has 164 valence electrons. The second kappa shape index (κ2) is 9.77. The number of carbonyl (C=O) groups is 2. The first-order valence-electron chi connectivity index (χ1n) is 10.2. The molecule has 0 aliphatic carbocycles. The molecule has 9 heteroatoms. The number of piperidine rings is 1. The van der Waals surface area contributed by atoms with E-state index in [4.69, 9.17) is 32.7 Å². The molecule has 2 amide bonds. The largest absolute Gasteiger partial charge is 0.486 e. The Bertz CT molecular complexity index is 977. The van der Waals surface area contributed by atoms with Gasteiger partial charge < -0.3 is 20.1 Å².